The van der Waals surface area contributed by atoms with Gasteiger partial charge in [-0.2, -0.15) is 0 Å². The number of nitrogens with one attached hydrogen (secondary N) is 1. The molecule has 1 N–H and O–H groups in total. The molecular formula is C19H20N2O6. The van der Waals surface area contributed by atoms with Gasteiger partial charge in [0, 0.05) is 18.6 Å². The molecule has 1 amide bonds. The van der Waals surface area contributed by atoms with Crippen LogP contribution in [0.5, 0.6) is 5.75 Å². The third-order valence-corrected chi connectivity index (χ3v) is 3.79. The molecule has 1 atom stereocenters. The molecule has 0 heterocycles. The lowest BCUT2D eigenvalue weighted by molar-refractivity contribution is -0.384. The Hall–Kier alpha value is -3.42. The first-order valence-corrected chi connectivity index (χ1v) is 8.27. The molecule has 0 fully saturated rings. The van der Waals surface area contributed by atoms with Crippen LogP contribution in [0.3, 0.4) is 0 Å². The lowest BCUT2D eigenvalue weighted by Crippen LogP contribution is -2.30. The van der Waals surface area contributed by atoms with Gasteiger partial charge in [-0.15, -0.1) is 0 Å². The van der Waals surface area contributed by atoms with Gasteiger partial charge in [0.15, 0.2) is 6.10 Å². The Morgan fingerprint density at radius 3 is 2.52 bits per heavy atom. The molecule has 0 aliphatic carbocycles. The first kappa shape index (κ1) is 19.9. The van der Waals surface area contributed by atoms with Crippen molar-refractivity contribution < 1.29 is 24.0 Å². The Morgan fingerprint density at radius 1 is 1.19 bits per heavy atom. The Morgan fingerprint density at radius 2 is 1.89 bits per heavy atom. The summed E-state index contributed by atoms with van der Waals surface area (Å²) in [5.41, 5.74) is 0.926. The van der Waals surface area contributed by atoms with Crippen LogP contribution in [0.15, 0.2) is 48.5 Å². The highest BCUT2D eigenvalue weighted by Crippen LogP contribution is 2.29. The number of amides is 1. The van der Waals surface area contributed by atoms with Crippen LogP contribution >= 0.6 is 0 Å². The summed E-state index contributed by atoms with van der Waals surface area (Å²) in [6.45, 7) is 1.43. The number of aryl methyl sites for hydroxylation is 1. The van der Waals surface area contributed by atoms with Gasteiger partial charge in [-0.1, -0.05) is 30.3 Å². The summed E-state index contributed by atoms with van der Waals surface area (Å²) in [6, 6.07) is 13.3. The fourth-order valence-corrected chi connectivity index (χ4v) is 2.34. The van der Waals surface area contributed by atoms with E-state index in [9.17, 15) is 19.7 Å². The number of nitro benzene ring substituents is 1. The van der Waals surface area contributed by atoms with Crippen LogP contribution in [0.4, 0.5) is 11.4 Å². The van der Waals surface area contributed by atoms with Gasteiger partial charge in [-0.3, -0.25) is 19.7 Å². The van der Waals surface area contributed by atoms with Gasteiger partial charge in [-0.25, -0.2) is 0 Å². The minimum absolute atomic E-state index is 0.129. The molecule has 0 saturated heterocycles. The molecule has 8 nitrogen and oxygen atoms in total. The lowest BCUT2D eigenvalue weighted by Gasteiger charge is -2.15. The molecule has 1 unspecified atom stereocenters. The Labute approximate surface area is 156 Å². The molecule has 8 heteroatoms. The fourth-order valence-electron chi connectivity index (χ4n) is 2.34. The van der Waals surface area contributed by atoms with Crippen LogP contribution in [0.2, 0.25) is 0 Å². The van der Waals surface area contributed by atoms with Crippen molar-refractivity contribution in [2.24, 2.45) is 0 Å². The monoisotopic (exact) mass is 372 g/mol. The second-order valence-corrected chi connectivity index (χ2v) is 5.75. The van der Waals surface area contributed by atoms with Crippen LogP contribution in [0.1, 0.15) is 18.9 Å². The maximum atomic E-state index is 12.3. The molecule has 0 saturated carbocycles. The zero-order valence-corrected chi connectivity index (χ0v) is 15.0. The summed E-state index contributed by atoms with van der Waals surface area (Å²) in [7, 11) is 1.38. The van der Waals surface area contributed by atoms with Crippen molar-refractivity contribution in [3.8, 4) is 5.75 Å². The van der Waals surface area contributed by atoms with E-state index in [4.69, 9.17) is 9.47 Å². The first-order chi connectivity index (χ1) is 12.9. The number of nitro groups is 1. The van der Waals surface area contributed by atoms with E-state index in [0.717, 1.165) is 5.56 Å². The van der Waals surface area contributed by atoms with Gasteiger partial charge in [-0.05, 0) is 25.0 Å². The smallest absolute Gasteiger partial charge is 0.306 e. The normalized spacial score (nSPS) is 11.3. The molecule has 0 spiro atoms. The summed E-state index contributed by atoms with van der Waals surface area (Å²) >= 11 is 0. The fraction of sp³-hybridized carbons (Fsp3) is 0.263. The highest BCUT2D eigenvalue weighted by molar-refractivity contribution is 5.96. The van der Waals surface area contributed by atoms with Crippen molar-refractivity contribution >= 4 is 23.3 Å². The van der Waals surface area contributed by atoms with Gasteiger partial charge in [0.25, 0.3) is 11.6 Å². The second kappa shape index (κ2) is 9.33. The molecule has 0 radical (unpaired) electrons. The van der Waals surface area contributed by atoms with Crippen LogP contribution in [-0.4, -0.2) is 30.0 Å². The summed E-state index contributed by atoms with van der Waals surface area (Å²) in [5.74, 6) is -0.856. The van der Waals surface area contributed by atoms with E-state index < -0.39 is 22.9 Å². The summed E-state index contributed by atoms with van der Waals surface area (Å²) < 4.78 is 10.2. The number of carbonyl (C=O) groups excluding carboxylic acids is 2. The SMILES string of the molecule is COc1ccc([N+](=O)[O-])cc1NC(=O)C(C)OC(=O)CCc1ccccc1. The maximum Gasteiger partial charge on any atom is 0.306 e. The highest BCUT2D eigenvalue weighted by Gasteiger charge is 2.20. The van der Waals surface area contributed by atoms with Gasteiger partial charge < -0.3 is 14.8 Å². The molecule has 0 aliphatic heterocycles. The van der Waals surface area contributed by atoms with Crippen molar-refractivity contribution in [2.45, 2.75) is 25.9 Å². The van der Waals surface area contributed by atoms with Crippen molar-refractivity contribution in [1.82, 2.24) is 0 Å². The van der Waals surface area contributed by atoms with E-state index in [1.807, 2.05) is 30.3 Å². The maximum absolute atomic E-state index is 12.3. The average molecular weight is 372 g/mol. The van der Waals surface area contributed by atoms with Crippen LogP contribution in [0, 0.1) is 10.1 Å². The predicted octanol–water partition coefficient (Wildman–Crippen LogP) is 3.11. The van der Waals surface area contributed by atoms with Crippen LogP contribution in [-0.2, 0) is 20.7 Å². The van der Waals surface area contributed by atoms with Gasteiger partial charge in [0.05, 0.1) is 17.7 Å². The molecular weight excluding hydrogens is 352 g/mol. The van der Waals surface area contributed by atoms with Crippen molar-refractivity contribution in [3.05, 3.63) is 64.2 Å². The number of carbonyl (C=O) groups is 2. The number of rotatable bonds is 8. The third-order valence-electron chi connectivity index (χ3n) is 3.79. The third kappa shape index (κ3) is 5.81. The van der Waals surface area contributed by atoms with Crippen LogP contribution in [0.25, 0.3) is 0 Å². The van der Waals surface area contributed by atoms with Gasteiger partial charge >= 0.3 is 5.97 Å². The molecule has 2 aromatic carbocycles. The number of nitrogens with zero attached hydrogens (tertiary/aromatic N) is 1. The van der Waals surface area contributed by atoms with Gasteiger partial charge in [0.2, 0.25) is 0 Å². The number of esters is 1. The average Bonchev–Trinajstić information content (AvgIpc) is 2.67. The van der Waals surface area contributed by atoms with E-state index >= 15 is 0 Å². The summed E-state index contributed by atoms with van der Waals surface area (Å²) in [5, 5.41) is 13.4. The Balaban J connectivity index is 1.94. The second-order valence-electron chi connectivity index (χ2n) is 5.75. The zero-order chi connectivity index (χ0) is 19.8. The standard InChI is InChI=1S/C19H20N2O6/c1-13(27-18(22)11-8-14-6-4-3-5-7-14)19(23)20-16-12-15(21(24)25)9-10-17(16)26-2/h3-7,9-10,12-13H,8,11H2,1-2H3,(H,20,23). The number of hydrogen-bond acceptors (Lipinski definition) is 6. The number of anilines is 1. The van der Waals surface area contributed by atoms with E-state index in [-0.39, 0.29) is 23.5 Å². The molecule has 27 heavy (non-hydrogen) atoms. The zero-order valence-electron chi connectivity index (χ0n) is 15.0. The molecule has 0 aromatic heterocycles. The number of hydrogen-bond donors (Lipinski definition) is 1. The topological polar surface area (TPSA) is 108 Å². The lowest BCUT2D eigenvalue weighted by atomic mass is 10.1. The largest absolute Gasteiger partial charge is 0.495 e. The van der Waals surface area contributed by atoms with E-state index in [0.29, 0.717) is 6.42 Å². The van der Waals surface area contributed by atoms with Crippen LogP contribution < -0.4 is 10.1 Å². The predicted molar refractivity (Wildman–Crippen MR) is 98.6 cm³/mol. The molecule has 0 aliphatic rings. The number of non-ortho nitro benzene ring substituents is 1. The Kier molecular flexibility index (Phi) is 6.87. The summed E-state index contributed by atoms with van der Waals surface area (Å²) in [6.07, 6.45) is -0.411. The first-order valence-electron chi connectivity index (χ1n) is 8.27. The molecule has 142 valence electrons. The summed E-state index contributed by atoms with van der Waals surface area (Å²) in [4.78, 5) is 34.5. The van der Waals surface area contributed by atoms with E-state index in [1.165, 1.54) is 32.2 Å². The quantitative estimate of drug-likeness (QED) is 0.433. The number of benzene rings is 2. The number of ether oxygens (including phenoxy) is 2. The Bertz CT molecular complexity index is 822. The van der Waals surface area contributed by atoms with Gasteiger partial charge in [0.1, 0.15) is 5.75 Å². The van der Waals surface area contributed by atoms with Crippen molar-refractivity contribution in [2.75, 3.05) is 12.4 Å². The van der Waals surface area contributed by atoms with E-state index in [2.05, 4.69) is 5.32 Å². The van der Waals surface area contributed by atoms with Crippen molar-refractivity contribution in [3.63, 3.8) is 0 Å². The molecule has 2 rings (SSSR count). The van der Waals surface area contributed by atoms with Crippen molar-refractivity contribution in [1.29, 1.82) is 0 Å². The van der Waals surface area contributed by atoms with E-state index in [1.54, 1.807) is 0 Å². The minimum atomic E-state index is -1.06. The highest BCUT2D eigenvalue weighted by atomic mass is 16.6. The molecule has 2 aromatic rings. The molecule has 0 bridgehead atoms. The minimum Gasteiger partial charge on any atom is -0.495 e. The number of methoxy groups -OCH3 is 1.